The molecule has 3 N–H and O–H groups in total. The zero-order valence-corrected chi connectivity index (χ0v) is 10.9. The lowest BCUT2D eigenvalue weighted by Crippen LogP contribution is -2.15. The van der Waals surface area contributed by atoms with Crippen LogP contribution in [0.1, 0.15) is 0 Å². The molecule has 0 fully saturated rings. The smallest absolute Gasteiger partial charge is 0.270 e. The van der Waals surface area contributed by atoms with Gasteiger partial charge in [-0.1, -0.05) is 0 Å². The van der Waals surface area contributed by atoms with E-state index in [0.29, 0.717) is 0 Å². The number of anilines is 2. The first-order valence-electron chi connectivity index (χ1n) is 4.86. The number of nitrogens with zero attached hydrogens (tertiary/aromatic N) is 2. The predicted octanol–water partition coefficient (Wildman–Crippen LogP) is 1.43. The Hall–Kier alpha value is -2.20. The van der Waals surface area contributed by atoms with Gasteiger partial charge in [0.15, 0.2) is 5.13 Å². The van der Waals surface area contributed by atoms with E-state index in [-0.39, 0.29) is 21.4 Å². The average Bonchev–Trinajstić information content (AvgIpc) is 2.81. The SMILES string of the molecule is Nc1ccc([N+](=O)[O-])cc1S(=O)(=O)Nc1nccs1. The van der Waals surface area contributed by atoms with E-state index >= 15 is 0 Å². The van der Waals surface area contributed by atoms with E-state index < -0.39 is 14.9 Å². The van der Waals surface area contributed by atoms with Gasteiger partial charge in [-0.15, -0.1) is 11.3 Å². The van der Waals surface area contributed by atoms with Crippen LogP contribution in [0.15, 0.2) is 34.7 Å². The van der Waals surface area contributed by atoms with Gasteiger partial charge in [0, 0.05) is 23.7 Å². The highest BCUT2D eigenvalue weighted by Crippen LogP contribution is 2.26. The first kappa shape index (κ1) is 13.2. The summed E-state index contributed by atoms with van der Waals surface area (Å²) in [5.41, 5.74) is 5.12. The Morgan fingerprint density at radius 3 is 2.74 bits per heavy atom. The molecule has 19 heavy (non-hydrogen) atoms. The molecular weight excluding hydrogens is 292 g/mol. The lowest BCUT2D eigenvalue weighted by molar-refractivity contribution is -0.385. The molecule has 1 aromatic heterocycles. The Bertz CT molecular complexity index is 712. The van der Waals surface area contributed by atoms with Gasteiger partial charge in [0.05, 0.1) is 10.6 Å². The van der Waals surface area contributed by atoms with Gasteiger partial charge in [-0.2, -0.15) is 0 Å². The molecule has 2 aromatic rings. The molecule has 1 aromatic carbocycles. The number of non-ortho nitro benzene ring substituents is 1. The maximum Gasteiger partial charge on any atom is 0.270 e. The van der Waals surface area contributed by atoms with Crippen molar-refractivity contribution in [1.29, 1.82) is 0 Å². The summed E-state index contributed by atoms with van der Waals surface area (Å²) in [6.07, 6.45) is 1.43. The zero-order valence-electron chi connectivity index (χ0n) is 9.31. The lowest BCUT2D eigenvalue weighted by atomic mass is 10.3. The number of rotatable bonds is 4. The number of hydrogen-bond donors (Lipinski definition) is 2. The van der Waals surface area contributed by atoms with Crippen LogP contribution in [0, 0.1) is 10.1 Å². The minimum Gasteiger partial charge on any atom is -0.398 e. The van der Waals surface area contributed by atoms with E-state index in [4.69, 9.17) is 5.73 Å². The molecule has 0 saturated heterocycles. The second-order valence-electron chi connectivity index (χ2n) is 3.42. The molecule has 8 nitrogen and oxygen atoms in total. The molecule has 100 valence electrons. The Labute approximate surface area is 112 Å². The highest BCUT2D eigenvalue weighted by atomic mass is 32.2. The van der Waals surface area contributed by atoms with Gasteiger partial charge >= 0.3 is 0 Å². The summed E-state index contributed by atoms with van der Waals surface area (Å²) in [5, 5.41) is 12.4. The van der Waals surface area contributed by atoms with Crippen LogP contribution in [0.5, 0.6) is 0 Å². The molecular formula is C9H8N4O4S2. The van der Waals surface area contributed by atoms with E-state index in [2.05, 4.69) is 9.71 Å². The van der Waals surface area contributed by atoms with Crippen molar-refractivity contribution in [1.82, 2.24) is 4.98 Å². The predicted molar refractivity (Wildman–Crippen MR) is 70.4 cm³/mol. The number of nitrogens with two attached hydrogens (primary N) is 1. The van der Waals surface area contributed by atoms with Crippen molar-refractivity contribution < 1.29 is 13.3 Å². The average molecular weight is 300 g/mol. The topological polar surface area (TPSA) is 128 Å². The number of nitro groups is 1. The van der Waals surface area contributed by atoms with E-state index in [1.807, 2.05) is 0 Å². The van der Waals surface area contributed by atoms with E-state index in [1.54, 1.807) is 5.38 Å². The van der Waals surface area contributed by atoms with E-state index in [0.717, 1.165) is 23.5 Å². The molecule has 0 atom stereocenters. The monoisotopic (exact) mass is 300 g/mol. The first-order valence-corrected chi connectivity index (χ1v) is 7.22. The minimum absolute atomic E-state index is 0.0744. The molecule has 2 rings (SSSR count). The molecule has 0 aliphatic carbocycles. The van der Waals surface area contributed by atoms with Crippen molar-refractivity contribution in [3.8, 4) is 0 Å². The molecule has 0 radical (unpaired) electrons. The second kappa shape index (κ2) is 4.82. The quantitative estimate of drug-likeness (QED) is 0.499. The van der Waals surface area contributed by atoms with E-state index in [1.165, 1.54) is 12.3 Å². The van der Waals surface area contributed by atoms with E-state index in [9.17, 15) is 18.5 Å². The summed E-state index contributed by atoms with van der Waals surface area (Å²) >= 11 is 1.08. The molecule has 0 aliphatic heterocycles. The molecule has 0 amide bonds. The number of thiazole rings is 1. The minimum atomic E-state index is -4.00. The second-order valence-corrected chi connectivity index (χ2v) is 5.97. The van der Waals surface area contributed by atoms with Crippen LogP contribution in [0.2, 0.25) is 0 Å². The maximum absolute atomic E-state index is 12.0. The Balaban J connectivity index is 2.45. The van der Waals surface area contributed by atoms with Gasteiger partial charge in [-0.05, 0) is 6.07 Å². The summed E-state index contributed by atoms with van der Waals surface area (Å²) in [6.45, 7) is 0. The number of sulfonamides is 1. The number of benzene rings is 1. The summed E-state index contributed by atoms with van der Waals surface area (Å²) in [6, 6.07) is 3.22. The van der Waals surface area contributed by atoms with Gasteiger partial charge in [0.1, 0.15) is 4.90 Å². The number of nitrogens with one attached hydrogen (secondary N) is 1. The molecule has 0 aliphatic rings. The van der Waals surface area contributed by atoms with Crippen molar-refractivity contribution in [2.45, 2.75) is 4.90 Å². The van der Waals surface area contributed by atoms with Crippen molar-refractivity contribution >= 4 is 37.9 Å². The number of nitrogen functional groups attached to an aromatic ring is 1. The van der Waals surface area contributed by atoms with Gasteiger partial charge in [0.2, 0.25) is 0 Å². The van der Waals surface area contributed by atoms with Crippen molar-refractivity contribution in [2.24, 2.45) is 0 Å². The summed E-state index contributed by atoms with van der Waals surface area (Å²) in [7, 11) is -4.00. The largest absolute Gasteiger partial charge is 0.398 e. The third-order valence-corrected chi connectivity index (χ3v) is 4.36. The van der Waals surface area contributed by atoms with Gasteiger partial charge in [-0.25, -0.2) is 13.4 Å². The van der Waals surface area contributed by atoms with Crippen LogP contribution >= 0.6 is 11.3 Å². The summed E-state index contributed by atoms with van der Waals surface area (Å²) in [5.74, 6) is 0. The van der Waals surface area contributed by atoms with Crippen LogP contribution in [-0.2, 0) is 10.0 Å². The Morgan fingerprint density at radius 1 is 1.42 bits per heavy atom. The molecule has 10 heteroatoms. The molecule has 0 unspecified atom stereocenters. The van der Waals surface area contributed by atoms with Crippen LogP contribution in [-0.4, -0.2) is 18.3 Å². The highest BCUT2D eigenvalue weighted by Gasteiger charge is 2.22. The first-order chi connectivity index (χ1) is 8.90. The van der Waals surface area contributed by atoms with Gasteiger partial charge in [0.25, 0.3) is 15.7 Å². The third kappa shape index (κ3) is 2.80. The Kier molecular flexibility index (Phi) is 3.36. The van der Waals surface area contributed by atoms with Crippen molar-refractivity contribution in [3.63, 3.8) is 0 Å². The fraction of sp³-hybridized carbons (Fsp3) is 0. The molecule has 1 heterocycles. The molecule has 0 spiro atoms. The summed E-state index contributed by atoms with van der Waals surface area (Å²) in [4.78, 5) is 13.4. The fourth-order valence-electron chi connectivity index (χ4n) is 1.31. The fourth-order valence-corrected chi connectivity index (χ4v) is 3.25. The van der Waals surface area contributed by atoms with Crippen LogP contribution < -0.4 is 10.5 Å². The van der Waals surface area contributed by atoms with Crippen LogP contribution in [0.25, 0.3) is 0 Å². The maximum atomic E-state index is 12.0. The van der Waals surface area contributed by atoms with Crippen LogP contribution in [0.4, 0.5) is 16.5 Å². The number of hydrogen-bond acceptors (Lipinski definition) is 7. The van der Waals surface area contributed by atoms with Crippen molar-refractivity contribution in [2.75, 3.05) is 10.5 Å². The summed E-state index contributed by atoms with van der Waals surface area (Å²) < 4.78 is 26.3. The van der Waals surface area contributed by atoms with Gasteiger partial charge < -0.3 is 5.73 Å². The third-order valence-electron chi connectivity index (χ3n) is 2.15. The number of nitro benzene ring substituents is 1. The standard InChI is InChI=1S/C9H8N4O4S2/c10-7-2-1-6(13(14)15)5-8(7)19(16,17)12-9-11-3-4-18-9/h1-5H,10H2,(H,11,12). The number of aromatic nitrogens is 1. The highest BCUT2D eigenvalue weighted by molar-refractivity contribution is 7.93. The zero-order chi connectivity index (χ0) is 14.0. The van der Waals surface area contributed by atoms with Crippen molar-refractivity contribution in [3.05, 3.63) is 39.9 Å². The Morgan fingerprint density at radius 2 is 2.16 bits per heavy atom. The normalized spacial score (nSPS) is 11.2. The lowest BCUT2D eigenvalue weighted by Gasteiger charge is -2.07. The van der Waals surface area contributed by atoms with Crippen LogP contribution in [0.3, 0.4) is 0 Å². The molecule has 0 saturated carbocycles. The molecule has 0 bridgehead atoms. The van der Waals surface area contributed by atoms with Gasteiger partial charge in [-0.3, -0.25) is 14.8 Å².